The first kappa shape index (κ1) is 11.2. The van der Waals surface area contributed by atoms with E-state index in [0.717, 1.165) is 16.9 Å². The van der Waals surface area contributed by atoms with Crippen molar-refractivity contribution in [1.82, 2.24) is 4.98 Å². The molecular formula is C14H14N2O. The Morgan fingerprint density at radius 2 is 2.00 bits per heavy atom. The number of benzene rings is 1. The zero-order valence-corrected chi connectivity index (χ0v) is 9.66. The van der Waals surface area contributed by atoms with Crippen molar-refractivity contribution in [3.63, 3.8) is 0 Å². The van der Waals surface area contributed by atoms with Gasteiger partial charge in [0.2, 0.25) is 0 Å². The number of anilines is 1. The highest BCUT2D eigenvalue weighted by molar-refractivity contribution is 6.04. The zero-order chi connectivity index (χ0) is 12.3. The third-order valence-electron chi connectivity index (χ3n) is 2.45. The molecule has 1 aromatic carbocycles. The van der Waals surface area contributed by atoms with Crippen molar-refractivity contribution in [3.8, 4) is 11.3 Å². The molecule has 0 fully saturated rings. The van der Waals surface area contributed by atoms with Crippen LogP contribution in [-0.2, 0) is 4.79 Å². The molecule has 0 saturated carbocycles. The number of aromatic amines is 1. The van der Waals surface area contributed by atoms with Crippen LogP contribution in [0, 0.1) is 0 Å². The van der Waals surface area contributed by atoms with E-state index in [0.29, 0.717) is 5.57 Å². The summed E-state index contributed by atoms with van der Waals surface area (Å²) in [6, 6.07) is 11.5. The number of carbonyl (C=O) groups is 1. The monoisotopic (exact) mass is 226 g/mol. The molecule has 1 amide bonds. The number of H-pyrrole nitrogens is 1. The van der Waals surface area contributed by atoms with Crippen LogP contribution in [0.2, 0.25) is 0 Å². The second-order valence-electron chi connectivity index (χ2n) is 3.86. The molecule has 0 aliphatic heterocycles. The Hall–Kier alpha value is -2.29. The Balaban J connectivity index is 2.35. The maximum Gasteiger partial charge on any atom is 0.250 e. The molecule has 0 radical (unpaired) electrons. The van der Waals surface area contributed by atoms with Crippen molar-refractivity contribution in [1.29, 1.82) is 0 Å². The van der Waals surface area contributed by atoms with E-state index in [1.165, 1.54) is 0 Å². The summed E-state index contributed by atoms with van der Waals surface area (Å²) in [6.07, 6.45) is 1.85. The van der Waals surface area contributed by atoms with Crippen LogP contribution in [0.1, 0.15) is 6.92 Å². The number of aromatic nitrogens is 1. The Bertz CT molecular complexity index is 541. The molecular weight excluding hydrogens is 212 g/mol. The van der Waals surface area contributed by atoms with Crippen molar-refractivity contribution in [2.24, 2.45) is 0 Å². The molecule has 3 heteroatoms. The van der Waals surface area contributed by atoms with E-state index < -0.39 is 0 Å². The zero-order valence-electron chi connectivity index (χ0n) is 9.66. The molecule has 0 bridgehead atoms. The fourth-order valence-corrected chi connectivity index (χ4v) is 1.55. The van der Waals surface area contributed by atoms with Crippen LogP contribution in [-0.4, -0.2) is 10.9 Å². The summed E-state index contributed by atoms with van der Waals surface area (Å²) in [4.78, 5) is 14.7. The van der Waals surface area contributed by atoms with Crippen molar-refractivity contribution in [3.05, 3.63) is 54.7 Å². The predicted molar refractivity (Wildman–Crippen MR) is 69.7 cm³/mol. The van der Waals surface area contributed by atoms with E-state index in [-0.39, 0.29) is 5.91 Å². The molecule has 0 atom stereocenters. The van der Waals surface area contributed by atoms with E-state index in [2.05, 4.69) is 16.9 Å². The predicted octanol–water partition coefficient (Wildman–Crippen LogP) is 3.20. The highest BCUT2D eigenvalue weighted by atomic mass is 16.1. The van der Waals surface area contributed by atoms with Crippen LogP contribution in [0.25, 0.3) is 11.3 Å². The molecule has 0 saturated heterocycles. The minimum Gasteiger partial charge on any atom is -0.361 e. The number of nitrogens with one attached hydrogen (secondary N) is 2. The van der Waals surface area contributed by atoms with Crippen molar-refractivity contribution >= 4 is 11.6 Å². The van der Waals surface area contributed by atoms with Gasteiger partial charge in [-0.25, -0.2) is 0 Å². The molecule has 3 nitrogen and oxygen atoms in total. The van der Waals surface area contributed by atoms with Gasteiger partial charge in [-0.15, -0.1) is 0 Å². The van der Waals surface area contributed by atoms with Gasteiger partial charge in [-0.2, -0.15) is 0 Å². The molecule has 1 heterocycles. The van der Waals surface area contributed by atoms with Gasteiger partial charge in [-0.1, -0.05) is 24.8 Å². The van der Waals surface area contributed by atoms with Crippen LogP contribution in [0.5, 0.6) is 0 Å². The summed E-state index contributed by atoms with van der Waals surface area (Å²) < 4.78 is 0. The second-order valence-corrected chi connectivity index (χ2v) is 3.86. The number of carbonyl (C=O) groups excluding carboxylic acids is 1. The Morgan fingerprint density at radius 1 is 1.24 bits per heavy atom. The van der Waals surface area contributed by atoms with Gasteiger partial charge in [-0.05, 0) is 25.1 Å². The topological polar surface area (TPSA) is 44.9 Å². The number of amides is 1. The van der Waals surface area contributed by atoms with E-state index in [1.807, 2.05) is 42.6 Å². The summed E-state index contributed by atoms with van der Waals surface area (Å²) >= 11 is 0. The van der Waals surface area contributed by atoms with Crippen LogP contribution in [0.15, 0.2) is 54.7 Å². The standard InChI is InChI=1S/C14H14N2O/c1-10(2)14(17)16-13-7-4-3-6-11(13)12-8-5-9-15-12/h3-9,15H,1H2,2H3,(H,16,17). The average Bonchev–Trinajstić information content (AvgIpc) is 2.83. The minimum atomic E-state index is -0.163. The molecule has 2 rings (SSSR count). The summed E-state index contributed by atoms with van der Waals surface area (Å²) in [5.41, 5.74) is 3.21. The summed E-state index contributed by atoms with van der Waals surface area (Å²) in [6.45, 7) is 5.31. The molecule has 0 aliphatic carbocycles. The average molecular weight is 226 g/mol. The van der Waals surface area contributed by atoms with Crippen LogP contribution >= 0.6 is 0 Å². The van der Waals surface area contributed by atoms with Gasteiger partial charge in [0.05, 0.1) is 5.69 Å². The molecule has 86 valence electrons. The first-order valence-corrected chi connectivity index (χ1v) is 5.38. The maximum absolute atomic E-state index is 11.6. The second kappa shape index (κ2) is 4.70. The summed E-state index contributed by atoms with van der Waals surface area (Å²) in [7, 11) is 0. The first-order chi connectivity index (χ1) is 8.18. The number of hydrogen-bond acceptors (Lipinski definition) is 1. The van der Waals surface area contributed by atoms with Crippen molar-refractivity contribution < 1.29 is 4.79 Å². The lowest BCUT2D eigenvalue weighted by molar-refractivity contribution is -0.112. The lowest BCUT2D eigenvalue weighted by atomic mass is 10.1. The van der Waals surface area contributed by atoms with E-state index in [1.54, 1.807) is 6.92 Å². The highest BCUT2D eigenvalue weighted by Crippen LogP contribution is 2.26. The first-order valence-electron chi connectivity index (χ1n) is 5.38. The van der Waals surface area contributed by atoms with Gasteiger partial charge in [0.15, 0.2) is 0 Å². The highest BCUT2D eigenvalue weighted by Gasteiger charge is 2.08. The van der Waals surface area contributed by atoms with Crippen LogP contribution in [0.4, 0.5) is 5.69 Å². The smallest absolute Gasteiger partial charge is 0.250 e. The quantitative estimate of drug-likeness (QED) is 0.775. The largest absolute Gasteiger partial charge is 0.361 e. The summed E-state index contributed by atoms with van der Waals surface area (Å²) in [5.74, 6) is -0.163. The summed E-state index contributed by atoms with van der Waals surface area (Å²) in [5, 5.41) is 2.84. The Morgan fingerprint density at radius 3 is 2.65 bits per heavy atom. The fourth-order valence-electron chi connectivity index (χ4n) is 1.55. The van der Waals surface area contributed by atoms with Crippen molar-refractivity contribution in [2.75, 3.05) is 5.32 Å². The maximum atomic E-state index is 11.6. The molecule has 0 spiro atoms. The molecule has 2 N–H and O–H groups in total. The van der Waals surface area contributed by atoms with Gasteiger partial charge in [0.25, 0.3) is 5.91 Å². The van der Waals surface area contributed by atoms with Crippen LogP contribution < -0.4 is 5.32 Å². The Labute approximate surface area is 100 Å². The lowest BCUT2D eigenvalue weighted by Crippen LogP contribution is -2.12. The third kappa shape index (κ3) is 2.45. The van der Waals surface area contributed by atoms with Crippen LogP contribution in [0.3, 0.4) is 0 Å². The van der Waals surface area contributed by atoms with E-state index in [9.17, 15) is 4.79 Å². The van der Waals surface area contributed by atoms with E-state index >= 15 is 0 Å². The SMILES string of the molecule is C=C(C)C(=O)Nc1ccccc1-c1ccc[nH]1. The van der Waals surface area contributed by atoms with Gasteiger partial charge < -0.3 is 10.3 Å². The molecule has 17 heavy (non-hydrogen) atoms. The van der Waals surface area contributed by atoms with Crippen molar-refractivity contribution in [2.45, 2.75) is 6.92 Å². The number of hydrogen-bond donors (Lipinski definition) is 2. The number of para-hydroxylation sites is 1. The fraction of sp³-hybridized carbons (Fsp3) is 0.0714. The number of rotatable bonds is 3. The van der Waals surface area contributed by atoms with Gasteiger partial charge in [0, 0.05) is 23.0 Å². The molecule has 2 aromatic rings. The normalized spacial score (nSPS) is 9.94. The molecule has 0 unspecified atom stereocenters. The van der Waals surface area contributed by atoms with E-state index in [4.69, 9.17) is 0 Å². The minimum absolute atomic E-state index is 0.163. The lowest BCUT2D eigenvalue weighted by Gasteiger charge is -2.09. The molecule has 1 aromatic heterocycles. The van der Waals surface area contributed by atoms with Gasteiger partial charge >= 0.3 is 0 Å². The van der Waals surface area contributed by atoms with Gasteiger partial charge in [0.1, 0.15) is 0 Å². The third-order valence-corrected chi connectivity index (χ3v) is 2.45. The van der Waals surface area contributed by atoms with Gasteiger partial charge in [-0.3, -0.25) is 4.79 Å². The Kier molecular flexibility index (Phi) is 3.10. The molecule has 0 aliphatic rings.